The van der Waals surface area contributed by atoms with E-state index in [1.807, 2.05) is 23.1 Å². The summed E-state index contributed by atoms with van der Waals surface area (Å²) < 4.78 is 10.7. The van der Waals surface area contributed by atoms with E-state index in [0.29, 0.717) is 30.2 Å². The highest BCUT2D eigenvalue weighted by molar-refractivity contribution is 5.99. The molecule has 1 aromatic heterocycles. The van der Waals surface area contributed by atoms with Crippen molar-refractivity contribution in [2.75, 3.05) is 27.3 Å². The fourth-order valence-corrected chi connectivity index (χ4v) is 3.66. The molecule has 0 saturated carbocycles. The highest BCUT2D eigenvalue weighted by atomic mass is 16.5. The number of rotatable bonds is 4. The van der Waals surface area contributed by atoms with Crippen molar-refractivity contribution in [1.82, 2.24) is 9.88 Å². The minimum Gasteiger partial charge on any atom is -0.493 e. The number of ether oxygens (including phenoxy) is 2. The lowest BCUT2D eigenvalue weighted by atomic mass is 9.98. The van der Waals surface area contributed by atoms with Gasteiger partial charge in [0.05, 0.1) is 19.8 Å². The van der Waals surface area contributed by atoms with Gasteiger partial charge >= 0.3 is 0 Å². The van der Waals surface area contributed by atoms with Crippen LogP contribution in [0.4, 0.5) is 0 Å². The molecule has 0 atom stereocenters. The smallest absolute Gasteiger partial charge is 0.258 e. The van der Waals surface area contributed by atoms with Crippen molar-refractivity contribution >= 4 is 22.4 Å². The van der Waals surface area contributed by atoms with Crippen LogP contribution in [0.1, 0.15) is 22.3 Å². The molecule has 0 saturated heterocycles. The Labute approximate surface area is 158 Å². The molecule has 2 heterocycles. The maximum Gasteiger partial charge on any atom is 0.258 e. The van der Waals surface area contributed by atoms with E-state index < -0.39 is 0 Å². The lowest BCUT2D eigenvalue weighted by Gasteiger charge is -2.27. The summed E-state index contributed by atoms with van der Waals surface area (Å²) in [6, 6.07) is 13.7. The van der Waals surface area contributed by atoms with Crippen molar-refractivity contribution < 1.29 is 14.3 Å². The zero-order valence-corrected chi connectivity index (χ0v) is 15.5. The molecule has 0 bridgehead atoms. The van der Waals surface area contributed by atoms with Crippen LogP contribution in [-0.4, -0.2) is 43.1 Å². The van der Waals surface area contributed by atoms with Gasteiger partial charge in [-0.15, -0.1) is 0 Å². The minimum atomic E-state index is -0.0417. The van der Waals surface area contributed by atoms with Crippen molar-refractivity contribution in [3.05, 3.63) is 65.9 Å². The molecular weight excluding hydrogens is 340 g/mol. The number of para-hydroxylation sites is 2. The maximum atomic E-state index is 13.0. The third-order valence-corrected chi connectivity index (χ3v) is 5.06. The van der Waals surface area contributed by atoms with E-state index in [0.717, 1.165) is 11.9 Å². The SMILES string of the molecule is COc1cccc(C(=O)N2CC=C(c3c[nH]c4ccccc34)CC2)c1OC. The second-order valence-electron chi connectivity index (χ2n) is 6.52. The summed E-state index contributed by atoms with van der Waals surface area (Å²) in [5.41, 5.74) is 4.15. The van der Waals surface area contributed by atoms with Gasteiger partial charge in [-0.25, -0.2) is 0 Å². The second-order valence-corrected chi connectivity index (χ2v) is 6.52. The molecule has 0 spiro atoms. The number of amides is 1. The van der Waals surface area contributed by atoms with E-state index in [1.54, 1.807) is 26.4 Å². The van der Waals surface area contributed by atoms with Crippen molar-refractivity contribution in [1.29, 1.82) is 0 Å². The molecule has 0 radical (unpaired) electrons. The van der Waals surface area contributed by atoms with Gasteiger partial charge in [0, 0.05) is 35.8 Å². The summed E-state index contributed by atoms with van der Waals surface area (Å²) in [5.74, 6) is 1.01. The summed E-state index contributed by atoms with van der Waals surface area (Å²) in [5, 5.41) is 1.22. The highest BCUT2D eigenvalue weighted by Crippen LogP contribution is 2.33. The predicted molar refractivity (Wildman–Crippen MR) is 106 cm³/mol. The molecule has 1 N–H and O–H groups in total. The van der Waals surface area contributed by atoms with Crippen LogP contribution in [0.15, 0.2) is 54.7 Å². The van der Waals surface area contributed by atoms with Crippen LogP contribution in [0.5, 0.6) is 11.5 Å². The fourth-order valence-electron chi connectivity index (χ4n) is 3.66. The average molecular weight is 362 g/mol. The second kappa shape index (κ2) is 7.19. The van der Waals surface area contributed by atoms with Crippen LogP contribution >= 0.6 is 0 Å². The molecule has 1 aliphatic heterocycles. The fraction of sp³-hybridized carbons (Fsp3) is 0.227. The van der Waals surface area contributed by atoms with Crippen molar-refractivity contribution in [3.8, 4) is 11.5 Å². The van der Waals surface area contributed by atoms with E-state index in [2.05, 4.69) is 29.4 Å². The van der Waals surface area contributed by atoms with Crippen molar-refractivity contribution in [3.63, 3.8) is 0 Å². The Kier molecular flexibility index (Phi) is 4.59. The van der Waals surface area contributed by atoms with E-state index in [9.17, 15) is 4.79 Å². The number of hydrogen-bond donors (Lipinski definition) is 1. The molecule has 5 nitrogen and oxygen atoms in total. The summed E-state index contributed by atoms with van der Waals surface area (Å²) in [7, 11) is 3.13. The number of aromatic nitrogens is 1. The Morgan fingerprint density at radius 2 is 1.93 bits per heavy atom. The van der Waals surface area contributed by atoms with Gasteiger partial charge in [-0.1, -0.05) is 30.3 Å². The zero-order valence-electron chi connectivity index (χ0n) is 15.5. The number of carbonyl (C=O) groups excluding carboxylic acids is 1. The molecular formula is C22H22N2O3. The Bertz CT molecular complexity index is 1020. The topological polar surface area (TPSA) is 54.6 Å². The Morgan fingerprint density at radius 3 is 2.67 bits per heavy atom. The Morgan fingerprint density at radius 1 is 1.07 bits per heavy atom. The first-order chi connectivity index (χ1) is 13.2. The molecule has 0 fully saturated rings. The van der Waals surface area contributed by atoms with Gasteiger partial charge in [-0.2, -0.15) is 0 Å². The molecule has 0 unspecified atom stereocenters. The minimum absolute atomic E-state index is 0.0417. The van der Waals surface area contributed by atoms with E-state index >= 15 is 0 Å². The van der Waals surface area contributed by atoms with Gasteiger partial charge in [0.15, 0.2) is 11.5 Å². The van der Waals surface area contributed by atoms with Crippen molar-refractivity contribution in [2.24, 2.45) is 0 Å². The molecule has 1 aliphatic rings. The van der Waals surface area contributed by atoms with Crippen LogP contribution in [0.3, 0.4) is 0 Å². The number of benzene rings is 2. The first-order valence-corrected chi connectivity index (χ1v) is 8.98. The van der Waals surface area contributed by atoms with Crippen LogP contribution in [0, 0.1) is 0 Å². The average Bonchev–Trinajstić information content (AvgIpc) is 3.17. The van der Waals surface area contributed by atoms with Gasteiger partial charge in [0.25, 0.3) is 5.91 Å². The standard InChI is InChI=1S/C22H22N2O3/c1-26-20-9-5-7-17(21(20)27-2)22(25)24-12-10-15(11-13-24)18-14-23-19-8-4-3-6-16(18)19/h3-10,14,23H,11-13H2,1-2H3. The third-order valence-electron chi connectivity index (χ3n) is 5.06. The quantitative estimate of drug-likeness (QED) is 0.760. The third kappa shape index (κ3) is 3.05. The van der Waals surface area contributed by atoms with Gasteiger partial charge in [-0.05, 0) is 30.2 Å². The van der Waals surface area contributed by atoms with Gasteiger partial charge < -0.3 is 19.4 Å². The first-order valence-electron chi connectivity index (χ1n) is 8.98. The summed E-state index contributed by atoms with van der Waals surface area (Å²) >= 11 is 0. The number of aromatic amines is 1. The number of nitrogens with one attached hydrogen (secondary N) is 1. The van der Waals surface area contributed by atoms with Crippen LogP contribution in [-0.2, 0) is 0 Å². The zero-order chi connectivity index (χ0) is 18.8. The summed E-state index contributed by atoms with van der Waals surface area (Å²) in [6.45, 7) is 1.25. The van der Waals surface area contributed by atoms with Crippen LogP contribution in [0.2, 0.25) is 0 Å². The molecule has 3 aromatic rings. The molecule has 27 heavy (non-hydrogen) atoms. The molecule has 1 amide bonds. The summed E-state index contributed by atoms with van der Waals surface area (Å²) in [4.78, 5) is 18.2. The van der Waals surface area contributed by atoms with E-state index in [-0.39, 0.29) is 5.91 Å². The largest absolute Gasteiger partial charge is 0.493 e. The lowest BCUT2D eigenvalue weighted by Crippen LogP contribution is -2.34. The maximum absolute atomic E-state index is 13.0. The first kappa shape index (κ1) is 17.2. The van der Waals surface area contributed by atoms with Gasteiger partial charge in [0.2, 0.25) is 0 Å². The van der Waals surface area contributed by atoms with Crippen LogP contribution in [0.25, 0.3) is 16.5 Å². The molecule has 5 heteroatoms. The lowest BCUT2D eigenvalue weighted by molar-refractivity contribution is 0.0769. The Hall–Kier alpha value is -3.21. The number of H-pyrrole nitrogens is 1. The molecule has 2 aromatic carbocycles. The highest BCUT2D eigenvalue weighted by Gasteiger charge is 2.24. The Balaban J connectivity index is 1.58. The van der Waals surface area contributed by atoms with E-state index in [1.165, 1.54) is 16.5 Å². The molecule has 4 rings (SSSR count). The van der Waals surface area contributed by atoms with Crippen LogP contribution < -0.4 is 9.47 Å². The van der Waals surface area contributed by atoms with E-state index in [4.69, 9.17) is 9.47 Å². The molecule has 138 valence electrons. The van der Waals surface area contributed by atoms with Gasteiger partial charge in [0.1, 0.15) is 0 Å². The number of hydrogen-bond acceptors (Lipinski definition) is 3. The summed E-state index contributed by atoms with van der Waals surface area (Å²) in [6.07, 6.45) is 5.02. The number of carbonyl (C=O) groups is 1. The monoisotopic (exact) mass is 362 g/mol. The van der Waals surface area contributed by atoms with Crippen molar-refractivity contribution in [2.45, 2.75) is 6.42 Å². The predicted octanol–water partition coefficient (Wildman–Crippen LogP) is 4.11. The number of nitrogens with zero attached hydrogens (tertiary/aromatic N) is 1. The number of methoxy groups -OCH3 is 2. The van der Waals surface area contributed by atoms with Gasteiger partial charge in [-0.3, -0.25) is 4.79 Å². The normalized spacial score (nSPS) is 14.1. The molecule has 0 aliphatic carbocycles. The number of fused-ring (bicyclic) bond motifs is 1.